The second-order valence-electron chi connectivity index (χ2n) is 18.2. The predicted molar refractivity (Wildman–Crippen MR) is 215 cm³/mol. The van der Waals surface area contributed by atoms with Crippen LogP contribution in [0.15, 0.2) is 60.7 Å². The molecule has 0 bridgehead atoms. The summed E-state index contributed by atoms with van der Waals surface area (Å²) in [5, 5.41) is 1.71. The summed E-state index contributed by atoms with van der Waals surface area (Å²) in [7, 11) is 0. The van der Waals surface area contributed by atoms with E-state index >= 15 is 0 Å². The van der Waals surface area contributed by atoms with Crippen LogP contribution in [-0.4, -0.2) is 94.1 Å². The predicted octanol–water partition coefficient (Wildman–Crippen LogP) is 8.31. The fraction of sp³-hybridized carbons (Fsp3) is 0.522. The molecular formula is C46H54N2O10. The second kappa shape index (κ2) is 16.2. The molecule has 0 spiro atoms. The van der Waals surface area contributed by atoms with Crippen molar-refractivity contribution in [1.82, 2.24) is 9.80 Å². The van der Waals surface area contributed by atoms with Gasteiger partial charge in [-0.1, -0.05) is 61.4 Å². The molecule has 2 heterocycles. The summed E-state index contributed by atoms with van der Waals surface area (Å²) >= 11 is 0. The van der Waals surface area contributed by atoms with Gasteiger partial charge in [-0.05, 0) is 126 Å². The lowest BCUT2D eigenvalue weighted by molar-refractivity contribution is -0.148. The summed E-state index contributed by atoms with van der Waals surface area (Å²) in [5.41, 5.74) is 1.15. The minimum absolute atomic E-state index is 0.0606. The Balaban J connectivity index is 0.935. The number of ketones is 2. The molecule has 12 heteroatoms. The standard InChI is InChI=1S/C46H54N2O10/c1-45(2,3)57-43(53)47-35-11-7-9-32(35)23-37(47)41(51)55-25-39(49)28-15-13-27(14-16-28)29-17-18-31-22-34(20-19-30(31)21-29)40(50)26-56-42(52)38-24-33-10-8-12-36(33)48(38)44(54)58-46(4,5)6/h13-22,32-33,35-38H,7-12,23-26H2,1-6H3/t32-,33?,35-,36?,37-,38?/m0/s1. The quantitative estimate of drug-likeness (QED) is 0.118. The Morgan fingerprint density at radius 3 is 1.48 bits per heavy atom. The van der Waals surface area contributed by atoms with Gasteiger partial charge in [0.25, 0.3) is 0 Å². The van der Waals surface area contributed by atoms with Crippen molar-refractivity contribution in [1.29, 1.82) is 0 Å². The topological polar surface area (TPSA) is 146 Å². The van der Waals surface area contributed by atoms with Crippen LogP contribution in [0, 0.1) is 11.8 Å². The van der Waals surface area contributed by atoms with E-state index in [9.17, 15) is 28.8 Å². The van der Waals surface area contributed by atoms with E-state index in [1.165, 1.54) is 9.80 Å². The fourth-order valence-electron chi connectivity index (χ4n) is 9.23. The van der Waals surface area contributed by atoms with Crippen LogP contribution in [0.5, 0.6) is 0 Å². The molecule has 3 aromatic rings. The number of esters is 2. The van der Waals surface area contributed by atoms with E-state index in [-0.39, 0.29) is 35.5 Å². The maximum atomic E-state index is 13.3. The zero-order valence-electron chi connectivity index (χ0n) is 34.3. The van der Waals surface area contributed by atoms with Crippen LogP contribution >= 0.6 is 0 Å². The van der Waals surface area contributed by atoms with Gasteiger partial charge in [0.1, 0.15) is 23.3 Å². The molecule has 4 fully saturated rings. The van der Waals surface area contributed by atoms with E-state index < -0.39 is 60.6 Å². The Morgan fingerprint density at radius 1 is 0.552 bits per heavy atom. The largest absolute Gasteiger partial charge is 0.456 e. The van der Waals surface area contributed by atoms with Crippen molar-refractivity contribution in [2.24, 2.45) is 11.8 Å². The monoisotopic (exact) mass is 794 g/mol. The first-order valence-electron chi connectivity index (χ1n) is 20.5. The number of rotatable bonds is 9. The Labute approximate surface area is 339 Å². The van der Waals surface area contributed by atoms with E-state index in [4.69, 9.17) is 18.9 Å². The highest BCUT2D eigenvalue weighted by Gasteiger charge is 2.52. The maximum absolute atomic E-state index is 13.3. The van der Waals surface area contributed by atoms with E-state index in [0.717, 1.165) is 60.4 Å². The van der Waals surface area contributed by atoms with Crippen molar-refractivity contribution in [3.63, 3.8) is 0 Å². The number of fused-ring (bicyclic) bond motifs is 3. The van der Waals surface area contributed by atoms with Crippen molar-refractivity contribution in [3.05, 3.63) is 71.8 Å². The number of carbonyl (C=O) groups excluding carboxylic acids is 6. The number of ether oxygens (including phenoxy) is 4. The maximum Gasteiger partial charge on any atom is 0.411 e. The number of likely N-dealkylation sites (tertiary alicyclic amines) is 2. The SMILES string of the molecule is CC(C)(C)OC(=O)N1C(C(=O)OCC(=O)c2ccc3cc(-c4ccc(C(=O)COC(=O)[C@@H]5C[C@@H]6CCC[C@@H]6N5C(=O)OC(C)(C)C)cc4)ccc3c2)CC2CCCC21. The number of hydrogen-bond acceptors (Lipinski definition) is 10. The summed E-state index contributed by atoms with van der Waals surface area (Å²) in [4.78, 5) is 82.1. The molecule has 4 aliphatic rings. The van der Waals surface area contributed by atoms with Crippen LogP contribution in [0.1, 0.15) is 114 Å². The van der Waals surface area contributed by atoms with Gasteiger partial charge in [-0.3, -0.25) is 19.4 Å². The molecule has 12 nitrogen and oxygen atoms in total. The zero-order valence-corrected chi connectivity index (χ0v) is 34.3. The molecule has 58 heavy (non-hydrogen) atoms. The van der Waals surface area contributed by atoms with E-state index in [0.29, 0.717) is 24.0 Å². The Hall–Kier alpha value is -5.26. The van der Waals surface area contributed by atoms with Crippen LogP contribution in [-0.2, 0) is 28.5 Å². The number of Topliss-reactive ketones (excluding diaryl/α,β-unsaturated/α-hetero) is 2. The van der Waals surface area contributed by atoms with Crippen molar-refractivity contribution < 1.29 is 47.7 Å². The first-order valence-corrected chi connectivity index (χ1v) is 20.5. The molecule has 7 rings (SSSR count). The molecule has 0 N–H and O–H groups in total. The van der Waals surface area contributed by atoms with Crippen molar-refractivity contribution in [3.8, 4) is 11.1 Å². The zero-order chi connectivity index (χ0) is 41.5. The van der Waals surface area contributed by atoms with Gasteiger partial charge in [-0.2, -0.15) is 0 Å². The van der Waals surface area contributed by atoms with Crippen LogP contribution in [0.4, 0.5) is 9.59 Å². The van der Waals surface area contributed by atoms with Gasteiger partial charge in [0, 0.05) is 23.2 Å². The first-order chi connectivity index (χ1) is 27.5. The smallest absolute Gasteiger partial charge is 0.411 e. The summed E-state index contributed by atoms with van der Waals surface area (Å²) in [6.45, 7) is 9.87. The van der Waals surface area contributed by atoms with Crippen LogP contribution < -0.4 is 0 Å². The minimum atomic E-state index is -0.780. The van der Waals surface area contributed by atoms with Gasteiger partial charge in [-0.25, -0.2) is 19.2 Å². The summed E-state index contributed by atoms with van der Waals surface area (Å²) in [5.74, 6) is -1.46. The highest BCUT2D eigenvalue weighted by Crippen LogP contribution is 2.43. The number of nitrogens with zero attached hydrogens (tertiary/aromatic N) is 2. The molecule has 6 atom stereocenters. The van der Waals surface area contributed by atoms with Gasteiger partial charge in [0.05, 0.1) is 0 Å². The van der Waals surface area contributed by atoms with Gasteiger partial charge >= 0.3 is 24.1 Å². The van der Waals surface area contributed by atoms with Gasteiger partial charge in [-0.15, -0.1) is 0 Å². The second-order valence-corrected chi connectivity index (χ2v) is 18.2. The number of benzene rings is 3. The first kappa shape index (κ1) is 40.9. The van der Waals surface area contributed by atoms with Gasteiger partial charge < -0.3 is 18.9 Å². The number of amides is 2. The molecule has 0 radical (unpaired) electrons. The third-order valence-electron chi connectivity index (χ3n) is 11.8. The normalized spacial score (nSPS) is 24.0. The molecule has 308 valence electrons. The average molecular weight is 795 g/mol. The van der Waals surface area contributed by atoms with E-state index in [1.807, 2.05) is 36.4 Å². The number of hydrogen-bond donors (Lipinski definition) is 0. The van der Waals surface area contributed by atoms with Crippen molar-refractivity contribution in [2.45, 2.75) is 128 Å². The Morgan fingerprint density at radius 2 is 0.983 bits per heavy atom. The average Bonchev–Trinajstić information content (AvgIpc) is 3.96. The van der Waals surface area contributed by atoms with Crippen molar-refractivity contribution >= 4 is 46.5 Å². The van der Waals surface area contributed by atoms with Crippen LogP contribution in [0.25, 0.3) is 21.9 Å². The molecule has 2 aliphatic heterocycles. The van der Waals surface area contributed by atoms with Crippen LogP contribution in [0.3, 0.4) is 0 Å². The van der Waals surface area contributed by atoms with Gasteiger partial charge in [0.15, 0.2) is 24.8 Å². The minimum Gasteiger partial charge on any atom is -0.456 e. The fourth-order valence-corrected chi connectivity index (χ4v) is 9.23. The lowest BCUT2D eigenvalue weighted by atomic mass is 9.98. The number of carbonyl (C=O) groups is 6. The third kappa shape index (κ3) is 8.90. The lowest BCUT2D eigenvalue weighted by Gasteiger charge is -2.31. The Kier molecular flexibility index (Phi) is 11.4. The highest BCUT2D eigenvalue weighted by atomic mass is 16.6. The van der Waals surface area contributed by atoms with Crippen LogP contribution in [0.2, 0.25) is 0 Å². The highest BCUT2D eigenvalue weighted by molar-refractivity contribution is 6.02. The molecule has 2 aliphatic carbocycles. The van der Waals surface area contributed by atoms with E-state index in [1.54, 1.807) is 65.8 Å². The molecular weight excluding hydrogens is 741 g/mol. The molecule has 2 saturated heterocycles. The summed E-state index contributed by atoms with van der Waals surface area (Å²) < 4.78 is 22.3. The molecule has 3 unspecified atom stereocenters. The molecule has 2 saturated carbocycles. The summed E-state index contributed by atoms with van der Waals surface area (Å²) in [6.07, 6.45) is 5.46. The molecule has 2 amide bonds. The van der Waals surface area contributed by atoms with Crippen molar-refractivity contribution in [2.75, 3.05) is 13.2 Å². The van der Waals surface area contributed by atoms with E-state index in [2.05, 4.69) is 0 Å². The third-order valence-corrected chi connectivity index (χ3v) is 11.8. The molecule has 0 aromatic heterocycles. The Bertz CT molecular complexity index is 2100. The summed E-state index contributed by atoms with van der Waals surface area (Å²) in [6, 6.07) is 16.5. The molecule has 3 aromatic carbocycles. The lowest BCUT2D eigenvalue weighted by Crippen LogP contribution is -2.47. The van der Waals surface area contributed by atoms with Gasteiger partial charge in [0.2, 0.25) is 0 Å².